The number of carbonyl (C=O) groups is 1. The first-order chi connectivity index (χ1) is 11.8. The number of benzene rings is 1. The first-order valence-electron chi connectivity index (χ1n) is 8.63. The summed E-state index contributed by atoms with van der Waals surface area (Å²) in [6.45, 7) is 1.98. The van der Waals surface area contributed by atoms with Crippen molar-refractivity contribution in [1.82, 2.24) is 14.9 Å². The fourth-order valence-electron chi connectivity index (χ4n) is 3.55. The number of likely N-dealkylation sites (tertiary alicyclic amines) is 1. The minimum atomic E-state index is -0.00354. The number of carbonyl (C=O) groups excluding carboxylic acids is 1. The van der Waals surface area contributed by atoms with E-state index in [2.05, 4.69) is 22.1 Å². The summed E-state index contributed by atoms with van der Waals surface area (Å²) in [7, 11) is 0. The van der Waals surface area contributed by atoms with Gasteiger partial charge >= 0.3 is 0 Å². The molecule has 1 aliphatic carbocycles. The van der Waals surface area contributed by atoms with E-state index in [1.165, 1.54) is 5.56 Å². The molecule has 0 bridgehead atoms. The van der Waals surface area contributed by atoms with Gasteiger partial charge < -0.3 is 10.6 Å². The molecule has 1 aliphatic heterocycles. The highest BCUT2D eigenvalue weighted by molar-refractivity contribution is 5.92. The van der Waals surface area contributed by atoms with Crippen LogP contribution in [0.1, 0.15) is 46.6 Å². The maximum Gasteiger partial charge on any atom is 0.272 e. The third-order valence-electron chi connectivity index (χ3n) is 5.09. The molecule has 2 heterocycles. The van der Waals surface area contributed by atoms with E-state index in [4.69, 9.17) is 5.73 Å². The maximum absolute atomic E-state index is 12.9. The molecule has 2 N–H and O–H groups in total. The quantitative estimate of drug-likeness (QED) is 0.911. The lowest BCUT2D eigenvalue weighted by atomic mass is 9.89. The number of halogens is 1. The van der Waals surface area contributed by atoms with Crippen molar-refractivity contribution in [3.63, 3.8) is 0 Å². The molecule has 5 nitrogen and oxygen atoms in total. The van der Waals surface area contributed by atoms with Gasteiger partial charge in [0.05, 0.1) is 0 Å². The van der Waals surface area contributed by atoms with Gasteiger partial charge in [0.2, 0.25) is 0 Å². The third-order valence-corrected chi connectivity index (χ3v) is 5.09. The zero-order chi connectivity index (χ0) is 16.5. The van der Waals surface area contributed by atoms with Crippen molar-refractivity contribution in [3.05, 3.63) is 59.7 Å². The van der Waals surface area contributed by atoms with Crippen LogP contribution in [0.3, 0.4) is 0 Å². The van der Waals surface area contributed by atoms with Gasteiger partial charge in [-0.05, 0) is 36.9 Å². The average molecular weight is 359 g/mol. The molecule has 1 aromatic heterocycles. The van der Waals surface area contributed by atoms with Crippen LogP contribution in [0, 0.1) is 5.92 Å². The highest BCUT2D eigenvalue weighted by Gasteiger charge is 2.36. The van der Waals surface area contributed by atoms with Crippen molar-refractivity contribution in [2.45, 2.75) is 24.7 Å². The Morgan fingerprint density at radius 1 is 1.16 bits per heavy atom. The van der Waals surface area contributed by atoms with Crippen molar-refractivity contribution >= 4 is 18.3 Å². The first-order valence-corrected chi connectivity index (χ1v) is 8.63. The number of aromatic nitrogens is 2. The standard InChI is InChI=1S/C19H22N4O.ClH/c20-10-15-11-23(12-16(15)13-4-2-1-3-5-13)19(24)17-8-9-21-18(22-17)14-6-7-14;/h1-5,8-9,14-16H,6-7,10-12,20H2;1H/t15-,16+;/m1./s1. The van der Waals surface area contributed by atoms with Crippen molar-refractivity contribution in [2.75, 3.05) is 19.6 Å². The highest BCUT2D eigenvalue weighted by atomic mass is 35.5. The molecule has 1 amide bonds. The summed E-state index contributed by atoms with van der Waals surface area (Å²) in [5.41, 5.74) is 7.74. The van der Waals surface area contributed by atoms with Crippen LogP contribution in [0.4, 0.5) is 0 Å². The molecular weight excluding hydrogens is 336 g/mol. The lowest BCUT2D eigenvalue weighted by Crippen LogP contribution is -2.30. The van der Waals surface area contributed by atoms with Gasteiger partial charge in [-0.25, -0.2) is 9.97 Å². The molecule has 2 atom stereocenters. The highest BCUT2D eigenvalue weighted by Crippen LogP contribution is 2.38. The summed E-state index contributed by atoms with van der Waals surface area (Å²) in [6.07, 6.45) is 3.97. The fraction of sp³-hybridized carbons (Fsp3) is 0.421. The molecule has 2 aromatic rings. The van der Waals surface area contributed by atoms with Crippen LogP contribution in [-0.2, 0) is 0 Å². The van der Waals surface area contributed by atoms with E-state index in [9.17, 15) is 4.79 Å². The largest absolute Gasteiger partial charge is 0.336 e. The summed E-state index contributed by atoms with van der Waals surface area (Å²) in [5.74, 6) is 1.85. The molecule has 0 radical (unpaired) electrons. The van der Waals surface area contributed by atoms with Crippen LogP contribution in [0.5, 0.6) is 0 Å². The molecule has 1 aromatic carbocycles. The van der Waals surface area contributed by atoms with Gasteiger partial charge in [-0.2, -0.15) is 0 Å². The van der Waals surface area contributed by atoms with Crippen LogP contribution >= 0.6 is 12.4 Å². The van der Waals surface area contributed by atoms with Crippen molar-refractivity contribution < 1.29 is 4.79 Å². The van der Waals surface area contributed by atoms with Gasteiger partial charge in [-0.1, -0.05) is 30.3 Å². The second-order valence-electron chi connectivity index (χ2n) is 6.80. The molecule has 4 rings (SSSR count). The van der Waals surface area contributed by atoms with Crippen LogP contribution in [0.25, 0.3) is 0 Å². The number of hydrogen-bond donors (Lipinski definition) is 1. The van der Waals surface area contributed by atoms with Crippen molar-refractivity contribution in [2.24, 2.45) is 11.7 Å². The van der Waals surface area contributed by atoms with Gasteiger partial charge in [0.1, 0.15) is 11.5 Å². The van der Waals surface area contributed by atoms with Gasteiger partial charge in [-0.3, -0.25) is 4.79 Å². The second-order valence-corrected chi connectivity index (χ2v) is 6.80. The van der Waals surface area contributed by atoms with Gasteiger partial charge in [0, 0.05) is 31.1 Å². The van der Waals surface area contributed by atoms with Gasteiger partial charge in [0.15, 0.2) is 0 Å². The summed E-state index contributed by atoms with van der Waals surface area (Å²) in [6, 6.07) is 12.1. The van der Waals surface area contributed by atoms with E-state index in [1.807, 2.05) is 23.1 Å². The minimum Gasteiger partial charge on any atom is -0.336 e. The Morgan fingerprint density at radius 2 is 1.92 bits per heavy atom. The van der Waals surface area contributed by atoms with E-state index in [1.54, 1.807) is 12.3 Å². The van der Waals surface area contributed by atoms with Gasteiger partial charge in [-0.15, -0.1) is 12.4 Å². The van der Waals surface area contributed by atoms with E-state index in [-0.39, 0.29) is 18.3 Å². The Bertz CT molecular complexity index is 735. The zero-order valence-electron chi connectivity index (χ0n) is 14.0. The van der Waals surface area contributed by atoms with Gasteiger partial charge in [0.25, 0.3) is 5.91 Å². The first kappa shape index (κ1) is 17.8. The van der Waals surface area contributed by atoms with Crippen LogP contribution < -0.4 is 5.73 Å². The molecule has 25 heavy (non-hydrogen) atoms. The average Bonchev–Trinajstić information content (AvgIpc) is 3.41. The molecule has 6 heteroatoms. The monoisotopic (exact) mass is 358 g/mol. The molecule has 2 aliphatic rings. The zero-order valence-corrected chi connectivity index (χ0v) is 14.9. The number of nitrogens with zero attached hydrogens (tertiary/aromatic N) is 3. The number of hydrogen-bond acceptors (Lipinski definition) is 4. The lowest BCUT2D eigenvalue weighted by Gasteiger charge is -2.16. The van der Waals surface area contributed by atoms with Crippen molar-refractivity contribution in [1.29, 1.82) is 0 Å². The van der Waals surface area contributed by atoms with Crippen LogP contribution in [0.2, 0.25) is 0 Å². The Labute approximate surface area is 154 Å². The molecule has 0 spiro atoms. The SMILES string of the molecule is Cl.NC[C@@H]1CN(C(=O)c2ccnc(C3CC3)n2)C[C@H]1c1ccccc1. The summed E-state index contributed by atoms with van der Waals surface area (Å²) >= 11 is 0. The third kappa shape index (κ3) is 3.67. The van der Waals surface area contributed by atoms with E-state index < -0.39 is 0 Å². The maximum atomic E-state index is 12.9. The second kappa shape index (κ2) is 7.50. The normalized spacial score (nSPS) is 22.5. The molecule has 0 unspecified atom stereocenters. The number of rotatable bonds is 4. The smallest absolute Gasteiger partial charge is 0.272 e. The molecule has 2 fully saturated rings. The van der Waals surface area contributed by atoms with E-state index in [0.29, 0.717) is 43.1 Å². The van der Waals surface area contributed by atoms with Crippen molar-refractivity contribution in [3.8, 4) is 0 Å². The molecule has 1 saturated heterocycles. The molecule has 132 valence electrons. The van der Waals surface area contributed by atoms with Crippen LogP contribution in [-0.4, -0.2) is 40.4 Å². The lowest BCUT2D eigenvalue weighted by molar-refractivity contribution is 0.0780. The molecule has 1 saturated carbocycles. The fourth-order valence-corrected chi connectivity index (χ4v) is 3.55. The topological polar surface area (TPSA) is 72.1 Å². The molecular formula is C19H23ClN4O. The Kier molecular flexibility index (Phi) is 5.35. The Balaban J connectivity index is 0.00000182. The Morgan fingerprint density at radius 3 is 2.60 bits per heavy atom. The van der Waals surface area contributed by atoms with E-state index in [0.717, 1.165) is 18.7 Å². The minimum absolute atomic E-state index is 0. The summed E-state index contributed by atoms with van der Waals surface area (Å²) < 4.78 is 0. The number of nitrogens with two attached hydrogens (primary N) is 1. The predicted octanol–water partition coefficient (Wildman–Crippen LogP) is 2.59. The number of amides is 1. The van der Waals surface area contributed by atoms with E-state index >= 15 is 0 Å². The summed E-state index contributed by atoms with van der Waals surface area (Å²) in [5, 5.41) is 0. The Hall–Kier alpha value is -1.98. The van der Waals surface area contributed by atoms with Crippen LogP contribution in [0.15, 0.2) is 42.6 Å². The predicted molar refractivity (Wildman–Crippen MR) is 98.9 cm³/mol. The summed E-state index contributed by atoms with van der Waals surface area (Å²) in [4.78, 5) is 23.6.